The molecule has 0 fully saturated rings. The average Bonchev–Trinajstić information content (AvgIpc) is 3.03. The fourth-order valence-electron chi connectivity index (χ4n) is 2.00. The molecule has 1 aromatic carbocycles. The Labute approximate surface area is 116 Å². The van der Waals surface area contributed by atoms with E-state index in [1.54, 1.807) is 11.3 Å². The van der Waals surface area contributed by atoms with Gasteiger partial charge in [0.2, 0.25) is 6.79 Å². The summed E-state index contributed by atoms with van der Waals surface area (Å²) in [5.41, 5.74) is 2.32. The van der Waals surface area contributed by atoms with Crippen molar-refractivity contribution in [2.75, 3.05) is 13.3 Å². The van der Waals surface area contributed by atoms with Gasteiger partial charge in [0.1, 0.15) is 0 Å². The van der Waals surface area contributed by atoms with Crippen LogP contribution in [0.3, 0.4) is 0 Å². The van der Waals surface area contributed by atoms with Crippen molar-refractivity contribution in [2.24, 2.45) is 0 Å². The maximum Gasteiger partial charge on any atom is 0.231 e. The number of aryl methyl sites for hydroxylation is 1. The zero-order valence-corrected chi connectivity index (χ0v) is 11.6. The highest BCUT2D eigenvalue weighted by atomic mass is 32.1. The molecule has 4 nitrogen and oxygen atoms in total. The van der Waals surface area contributed by atoms with E-state index in [4.69, 9.17) is 9.47 Å². The van der Waals surface area contributed by atoms with Crippen molar-refractivity contribution in [1.29, 1.82) is 0 Å². The normalized spacial score (nSPS) is 12.9. The van der Waals surface area contributed by atoms with Crippen LogP contribution >= 0.6 is 11.3 Å². The highest BCUT2D eigenvalue weighted by molar-refractivity contribution is 7.09. The highest BCUT2D eigenvalue weighted by Crippen LogP contribution is 2.32. The molecule has 0 saturated heterocycles. The number of aromatic nitrogens is 1. The minimum atomic E-state index is 0.329. The molecule has 0 radical (unpaired) electrons. The van der Waals surface area contributed by atoms with Crippen LogP contribution in [-0.2, 0) is 13.0 Å². The maximum absolute atomic E-state index is 5.36. The molecule has 100 valence electrons. The second kappa shape index (κ2) is 5.59. The summed E-state index contributed by atoms with van der Waals surface area (Å²) in [5, 5.41) is 6.70. The Morgan fingerprint density at radius 2 is 2.21 bits per heavy atom. The first-order valence-electron chi connectivity index (χ1n) is 6.31. The number of ether oxygens (including phenoxy) is 2. The molecule has 2 aromatic rings. The van der Waals surface area contributed by atoms with E-state index < -0.39 is 0 Å². The summed E-state index contributed by atoms with van der Waals surface area (Å²) >= 11 is 1.72. The Morgan fingerprint density at radius 1 is 1.32 bits per heavy atom. The predicted octanol–water partition coefficient (Wildman–Crippen LogP) is 2.51. The zero-order chi connectivity index (χ0) is 13.1. The molecular formula is C14H16N2O2S. The van der Waals surface area contributed by atoms with Crippen LogP contribution in [0.25, 0.3) is 0 Å². The van der Waals surface area contributed by atoms with Gasteiger partial charge in [-0.25, -0.2) is 4.98 Å². The van der Waals surface area contributed by atoms with Gasteiger partial charge in [-0.3, -0.25) is 0 Å². The molecule has 5 heteroatoms. The monoisotopic (exact) mass is 276 g/mol. The molecule has 0 bridgehead atoms. The van der Waals surface area contributed by atoms with E-state index in [1.165, 1.54) is 10.6 Å². The van der Waals surface area contributed by atoms with Gasteiger partial charge in [0, 0.05) is 30.6 Å². The standard InChI is InChI=1S/C14H16N2O2S/c1-10-8-19-14(16-10)4-5-15-7-11-2-3-12-13(6-11)18-9-17-12/h2-3,6,8,15H,4-5,7,9H2,1H3. The van der Waals surface area contributed by atoms with Gasteiger partial charge < -0.3 is 14.8 Å². The zero-order valence-electron chi connectivity index (χ0n) is 10.8. The lowest BCUT2D eigenvalue weighted by atomic mass is 10.2. The molecule has 0 aliphatic carbocycles. The van der Waals surface area contributed by atoms with Crippen molar-refractivity contribution < 1.29 is 9.47 Å². The number of nitrogens with one attached hydrogen (secondary N) is 1. The van der Waals surface area contributed by atoms with Gasteiger partial charge in [0.15, 0.2) is 11.5 Å². The van der Waals surface area contributed by atoms with E-state index in [2.05, 4.69) is 21.7 Å². The second-order valence-corrected chi connectivity index (χ2v) is 5.44. The maximum atomic E-state index is 5.36. The van der Waals surface area contributed by atoms with Crippen LogP contribution in [0, 0.1) is 6.92 Å². The Hall–Kier alpha value is -1.59. The van der Waals surface area contributed by atoms with Crippen molar-refractivity contribution in [2.45, 2.75) is 19.9 Å². The van der Waals surface area contributed by atoms with E-state index in [1.807, 2.05) is 19.1 Å². The molecule has 2 heterocycles. The van der Waals surface area contributed by atoms with Crippen LogP contribution in [0.1, 0.15) is 16.3 Å². The molecule has 0 saturated carbocycles. The Kier molecular flexibility index (Phi) is 3.66. The summed E-state index contributed by atoms with van der Waals surface area (Å²) in [5.74, 6) is 1.68. The summed E-state index contributed by atoms with van der Waals surface area (Å²) in [6, 6.07) is 6.06. The third kappa shape index (κ3) is 3.05. The number of hydrogen-bond acceptors (Lipinski definition) is 5. The van der Waals surface area contributed by atoms with Crippen LogP contribution in [0.4, 0.5) is 0 Å². The van der Waals surface area contributed by atoms with E-state index in [0.29, 0.717) is 6.79 Å². The van der Waals surface area contributed by atoms with Gasteiger partial charge in [-0.2, -0.15) is 0 Å². The lowest BCUT2D eigenvalue weighted by Crippen LogP contribution is -2.16. The SMILES string of the molecule is Cc1csc(CCNCc2ccc3c(c2)OCO3)n1. The molecule has 0 amide bonds. The van der Waals surface area contributed by atoms with Crippen LogP contribution in [0.2, 0.25) is 0 Å². The number of benzene rings is 1. The van der Waals surface area contributed by atoms with E-state index in [9.17, 15) is 0 Å². The van der Waals surface area contributed by atoms with Gasteiger partial charge in [0.25, 0.3) is 0 Å². The van der Waals surface area contributed by atoms with Crippen molar-refractivity contribution in [3.63, 3.8) is 0 Å². The van der Waals surface area contributed by atoms with Crippen molar-refractivity contribution >= 4 is 11.3 Å². The molecule has 0 unspecified atom stereocenters. The Bertz CT molecular complexity index is 568. The quantitative estimate of drug-likeness (QED) is 0.852. The average molecular weight is 276 g/mol. The lowest BCUT2D eigenvalue weighted by Gasteiger charge is -2.05. The largest absolute Gasteiger partial charge is 0.454 e. The van der Waals surface area contributed by atoms with Crippen molar-refractivity contribution in [1.82, 2.24) is 10.3 Å². The van der Waals surface area contributed by atoms with Crippen molar-refractivity contribution in [3.8, 4) is 11.5 Å². The van der Waals surface area contributed by atoms with Crippen LogP contribution in [0.15, 0.2) is 23.6 Å². The molecule has 3 rings (SSSR count). The Morgan fingerprint density at radius 3 is 3.05 bits per heavy atom. The van der Waals surface area contributed by atoms with Crippen LogP contribution < -0.4 is 14.8 Å². The summed E-state index contributed by atoms with van der Waals surface area (Å²) in [6.07, 6.45) is 0.975. The predicted molar refractivity (Wildman–Crippen MR) is 74.8 cm³/mol. The minimum Gasteiger partial charge on any atom is -0.454 e. The summed E-state index contributed by atoms with van der Waals surface area (Å²) < 4.78 is 10.6. The smallest absolute Gasteiger partial charge is 0.231 e. The fraction of sp³-hybridized carbons (Fsp3) is 0.357. The van der Waals surface area contributed by atoms with Gasteiger partial charge in [-0.15, -0.1) is 11.3 Å². The third-order valence-electron chi connectivity index (χ3n) is 2.95. The summed E-state index contributed by atoms with van der Waals surface area (Å²) in [6.45, 7) is 4.12. The molecule has 19 heavy (non-hydrogen) atoms. The first kappa shape index (κ1) is 12.4. The van der Waals surface area contributed by atoms with E-state index >= 15 is 0 Å². The van der Waals surface area contributed by atoms with Gasteiger partial charge in [-0.05, 0) is 24.6 Å². The third-order valence-corrected chi connectivity index (χ3v) is 3.97. The molecule has 1 N–H and O–H groups in total. The number of thiazole rings is 1. The van der Waals surface area contributed by atoms with Gasteiger partial charge >= 0.3 is 0 Å². The lowest BCUT2D eigenvalue weighted by molar-refractivity contribution is 0.174. The number of rotatable bonds is 5. The number of fused-ring (bicyclic) bond motifs is 1. The van der Waals surface area contributed by atoms with Gasteiger partial charge in [0.05, 0.1) is 5.01 Å². The van der Waals surface area contributed by atoms with E-state index in [0.717, 1.165) is 36.7 Å². The minimum absolute atomic E-state index is 0.329. The number of hydrogen-bond donors (Lipinski definition) is 1. The summed E-state index contributed by atoms with van der Waals surface area (Å²) in [4.78, 5) is 4.44. The van der Waals surface area contributed by atoms with E-state index in [-0.39, 0.29) is 0 Å². The number of nitrogens with zero attached hydrogens (tertiary/aromatic N) is 1. The van der Waals surface area contributed by atoms with Crippen molar-refractivity contribution in [3.05, 3.63) is 39.8 Å². The molecular weight excluding hydrogens is 260 g/mol. The second-order valence-electron chi connectivity index (χ2n) is 4.50. The molecule has 1 aliphatic rings. The van der Waals surface area contributed by atoms with Gasteiger partial charge in [-0.1, -0.05) is 6.07 Å². The topological polar surface area (TPSA) is 43.4 Å². The first-order chi connectivity index (χ1) is 9.31. The molecule has 0 atom stereocenters. The first-order valence-corrected chi connectivity index (χ1v) is 7.19. The molecule has 0 spiro atoms. The highest BCUT2D eigenvalue weighted by Gasteiger charge is 2.12. The molecule has 1 aromatic heterocycles. The van der Waals surface area contributed by atoms with Crippen LogP contribution in [0.5, 0.6) is 11.5 Å². The molecule has 1 aliphatic heterocycles. The fourth-order valence-corrected chi connectivity index (χ4v) is 2.77. The summed E-state index contributed by atoms with van der Waals surface area (Å²) in [7, 11) is 0. The van der Waals surface area contributed by atoms with Crippen LogP contribution in [-0.4, -0.2) is 18.3 Å². The Balaban J connectivity index is 1.47.